The zero-order valence-electron chi connectivity index (χ0n) is 9.85. The van der Waals surface area contributed by atoms with Crippen molar-refractivity contribution in [3.8, 4) is 0 Å². The van der Waals surface area contributed by atoms with Gasteiger partial charge in [0.2, 0.25) is 0 Å². The second-order valence-electron chi connectivity index (χ2n) is 4.86. The highest BCUT2D eigenvalue weighted by Crippen LogP contribution is 2.41. The minimum Gasteiger partial charge on any atom is -0.481 e. The van der Waals surface area contributed by atoms with Crippen molar-refractivity contribution >= 4 is 33.4 Å². The largest absolute Gasteiger partial charge is 0.481 e. The van der Waals surface area contributed by atoms with Crippen molar-refractivity contribution in [1.29, 1.82) is 0 Å². The van der Waals surface area contributed by atoms with Gasteiger partial charge < -0.3 is 10.4 Å². The maximum atomic E-state index is 10.9. The Balaban J connectivity index is 1.89. The number of hydrogen-bond acceptors (Lipinski definition) is 4. The first-order chi connectivity index (χ1) is 8.69. The van der Waals surface area contributed by atoms with Gasteiger partial charge in [0.15, 0.2) is 0 Å². The number of carboxylic acids is 1. The Hall–Kier alpha value is -1.62. The zero-order chi connectivity index (χ0) is 12.6. The van der Waals surface area contributed by atoms with Crippen molar-refractivity contribution in [2.75, 3.05) is 5.32 Å². The molecule has 1 saturated carbocycles. The van der Waals surface area contributed by atoms with Crippen molar-refractivity contribution in [2.45, 2.75) is 31.2 Å². The lowest BCUT2D eigenvalue weighted by atomic mass is 9.74. The van der Waals surface area contributed by atoms with Gasteiger partial charge in [-0.2, -0.15) is 4.37 Å². The molecule has 3 rings (SSSR count). The molecule has 1 aromatic heterocycles. The van der Waals surface area contributed by atoms with Gasteiger partial charge in [-0.3, -0.25) is 4.79 Å². The molecule has 0 spiro atoms. The van der Waals surface area contributed by atoms with E-state index in [-0.39, 0.29) is 12.0 Å². The topological polar surface area (TPSA) is 62.2 Å². The summed E-state index contributed by atoms with van der Waals surface area (Å²) in [7, 11) is 0. The van der Waals surface area contributed by atoms with Gasteiger partial charge in [-0.15, -0.1) is 0 Å². The van der Waals surface area contributed by atoms with Crippen molar-refractivity contribution in [3.63, 3.8) is 0 Å². The number of fused-ring (bicyclic) bond motifs is 1. The van der Waals surface area contributed by atoms with Crippen molar-refractivity contribution in [2.24, 2.45) is 0 Å². The third kappa shape index (κ3) is 1.95. The minimum absolute atomic E-state index is 0.180. The zero-order valence-corrected chi connectivity index (χ0v) is 10.7. The van der Waals surface area contributed by atoms with E-state index < -0.39 is 5.97 Å². The Morgan fingerprint density at radius 3 is 2.89 bits per heavy atom. The van der Waals surface area contributed by atoms with Crippen molar-refractivity contribution in [1.82, 2.24) is 4.37 Å². The van der Waals surface area contributed by atoms with Crippen LogP contribution in [0.3, 0.4) is 0 Å². The Kier molecular flexibility index (Phi) is 2.70. The molecule has 5 heteroatoms. The predicted molar refractivity (Wildman–Crippen MR) is 72.1 cm³/mol. The van der Waals surface area contributed by atoms with Crippen LogP contribution in [-0.2, 0) is 4.79 Å². The molecule has 0 bridgehead atoms. The number of aliphatic carboxylic acids is 1. The van der Waals surface area contributed by atoms with E-state index in [2.05, 4.69) is 9.69 Å². The fourth-order valence-corrected chi connectivity index (χ4v) is 3.34. The van der Waals surface area contributed by atoms with Crippen LogP contribution in [-0.4, -0.2) is 21.0 Å². The highest BCUT2D eigenvalue weighted by atomic mass is 32.1. The summed E-state index contributed by atoms with van der Waals surface area (Å²) >= 11 is 1.41. The molecule has 0 aliphatic heterocycles. The minimum atomic E-state index is -0.740. The highest BCUT2D eigenvalue weighted by Gasteiger charge is 2.39. The molecule has 4 nitrogen and oxygen atoms in total. The normalized spacial score (nSPS) is 17.3. The first kappa shape index (κ1) is 11.5. The molecular formula is C13H14N2O2S. The Morgan fingerprint density at radius 2 is 2.22 bits per heavy atom. The number of benzene rings is 1. The van der Waals surface area contributed by atoms with Crippen molar-refractivity contribution in [3.05, 3.63) is 24.3 Å². The lowest BCUT2D eigenvalue weighted by Crippen LogP contribution is -2.46. The molecule has 18 heavy (non-hydrogen) atoms. The van der Waals surface area contributed by atoms with E-state index in [1.165, 1.54) is 11.5 Å². The van der Waals surface area contributed by atoms with Crippen LogP contribution in [0, 0.1) is 0 Å². The van der Waals surface area contributed by atoms with E-state index in [9.17, 15) is 4.79 Å². The number of carbonyl (C=O) groups is 1. The van der Waals surface area contributed by atoms with Crippen LogP contribution in [0.15, 0.2) is 24.3 Å². The molecule has 0 unspecified atom stereocenters. The van der Waals surface area contributed by atoms with Crippen LogP contribution >= 0.6 is 11.5 Å². The van der Waals surface area contributed by atoms with E-state index in [4.69, 9.17) is 5.11 Å². The molecule has 1 aromatic carbocycles. The third-order valence-corrected chi connectivity index (χ3v) is 4.36. The number of aromatic nitrogens is 1. The standard InChI is InChI=1S/C13H14N2O2S/c16-11(17)8-13(6-3-7-13)14-12-9-4-1-2-5-10(9)15-18-12/h1-2,4-5,14H,3,6-8H2,(H,16,17). The quantitative estimate of drug-likeness (QED) is 0.888. The molecule has 94 valence electrons. The van der Waals surface area contributed by atoms with E-state index in [0.29, 0.717) is 0 Å². The Morgan fingerprint density at radius 1 is 1.44 bits per heavy atom. The molecule has 2 aromatic rings. The number of carboxylic acid groups (broad SMARTS) is 1. The average molecular weight is 262 g/mol. The maximum absolute atomic E-state index is 10.9. The molecule has 2 N–H and O–H groups in total. The monoisotopic (exact) mass is 262 g/mol. The summed E-state index contributed by atoms with van der Waals surface area (Å²) in [6.45, 7) is 0. The summed E-state index contributed by atoms with van der Waals surface area (Å²) in [5.74, 6) is -0.740. The van der Waals surface area contributed by atoms with Crippen LogP contribution in [0.1, 0.15) is 25.7 Å². The lowest BCUT2D eigenvalue weighted by Gasteiger charge is -2.41. The molecule has 0 saturated heterocycles. The summed E-state index contributed by atoms with van der Waals surface area (Å²) in [4.78, 5) is 10.9. The molecule has 0 amide bonds. The number of hydrogen-bond donors (Lipinski definition) is 2. The molecule has 1 aliphatic carbocycles. The van der Waals surface area contributed by atoms with Crippen LogP contribution in [0.2, 0.25) is 0 Å². The molecule has 1 aliphatic rings. The van der Waals surface area contributed by atoms with E-state index in [1.807, 2.05) is 24.3 Å². The van der Waals surface area contributed by atoms with Crippen LogP contribution in [0.5, 0.6) is 0 Å². The second-order valence-corrected chi connectivity index (χ2v) is 5.63. The first-order valence-corrected chi connectivity index (χ1v) is 6.80. The molecule has 1 fully saturated rings. The van der Waals surface area contributed by atoms with Gasteiger partial charge >= 0.3 is 5.97 Å². The second kappa shape index (κ2) is 4.24. The number of anilines is 1. The average Bonchev–Trinajstić information content (AvgIpc) is 2.69. The summed E-state index contributed by atoms with van der Waals surface area (Å²) < 4.78 is 4.37. The summed E-state index contributed by atoms with van der Waals surface area (Å²) in [6.07, 6.45) is 3.12. The summed E-state index contributed by atoms with van der Waals surface area (Å²) in [5.41, 5.74) is 0.705. The molecule has 0 atom stereocenters. The van der Waals surface area contributed by atoms with Gasteiger partial charge in [-0.25, -0.2) is 0 Å². The van der Waals surface area contributed by atoms with E-state index in [0.717, 1.165) is 35.2 Å². The molecule has 1 heterocycles. The fourth-order valence-electron chi connectivity index (χ4n) is 2.46. The van der Waals surface area contributed by atoms with Gasteiger partial charge in [0.25, 0.3) is 0 Å². The van der Waals surface area contributed by atoms with E-state index >= 15 is 0 Å². The van der Waals surface area contributed by atoms with Crippen LogP contribution in [0.4, 0.5) is 5.00 Å². The number of rotatable bonds is 4. The number of nitrogens with zero attached hydrogens (tertiary/aromatic N) is 1. The summed E-state index contributed by atoms with van der Waals surface area (Å²) in [6, 6.07) is 7.94. The fraction of sp³-hybridized carbons (Fsp3) is 0.385. The van der Waals surface area contributed by atoms with E-state index in [1.54, 1.807) is 0 Å². The van der Waals surface area contributed by atoms with Gasteiger partial charge in [-0.1, -0.05) is 12.1 Å². The maximum Gasteiger partial charge on any atom is 0.305 e. The molecular weight excluding hydrogens is 248 g/mol. The Labute approximate surface area is 109 Å². The smallest absolute Gasteiger partial charge is 0.305 e. The van der Waals surface area contributed by atoms with Gasteiger partial charge in [-0.05, 0) is 42.9 Å². The SMILES string of the molecule is O=C(O)CC1(Nc2snc3ccccc23)CCC1. The predicted octanol–water partition coefficient (Wildman–Crippen LogP) is 3.11. The summed E-state index contributed by atoms with van der Waals surface area (Å²) in [5, 5.41) is 14.5. The van der Waals surface area contributed by atoms with Gasteiger partial charge in [0.1, 0.15) is 5.00 Å². The first-order valence-electron chi connectivity index (χ1n) is 6.03. The highest BCUT2D eigenvalue weighted by molar-refractivity contribution is 7.11. The number of nitrogens with one attached hydrogen (secondary N) is 1. The molecule has 0 radical (unpaired) electrons. The van der Waals surface area contributed by atoms with Crippen LogP contribution < -0.4 is 5.32 Å². The Bertz CT molecular complexity index is 589. The third-order valence-electron chi connectivity index (χ3n) is 3.56. The lowest BCUT2D eigenvalue weighted by molar-refractivity contribution is -0.138. The van der Waals surface area contributed by atoms with Gasteiger partial charge in [0.05, 0.1) is 11.9 Å². The van der Waals surface area contributed by atoms with Gasteiger partial charge in [0, 0.05) is 10.9 Å². The van der Waals surface area contributed by atoms with Crippen LogP contribution in [0.25, 0.3) is 10.9 Å². The van der Waals surface area contributed by atoms with Crippen molar-refractivity contribution < 1.29 is 9.90 Å².